The van der Waals surface area contributed by atoms with Crippen molar-refractivity contribution in [1.29, 1.82) is 0 Å². The number of rotatable bonds is 8. The molecular weight excluding hydrogens is 378 g/mol. The number of halogens is 4. The first-order valence-corrected chi connectivity index (χ1v) is 8.46. The zero-order chi connectivity index (χ0) is 20.1. The molecule has 0 aliphatic rings. The second-order valence-electron chi connectivity index (χ2n) is 5.97. The van der Waals surface area contributed by atoms with Crippen LogP contribution in [-0.4, -0.2) is 47.0 Å². The molecule has 148 valence electrons. The fourth-order valence-electron chi connectivity index (χ4n) is 2.71. The van der Waals surface area contributed by atoms with E-state index >= 15 is 0 Å². The van der Waals surface area contributed by atoms with Gasteiger partial charge in [0.05, 0.1) is 29.5 Å². The van der Waals surface area contributed by atoms with Crippen LogP contribution in [0.1, 0.15) is 16.8 Å². The highest BCUT2D eigenvalue weighted by Crippen LogP contribution is 2.30. The van der Waals surface area contributed by atoms with Gasteiger partial charge < -0.3 is 10.6 Å². The van der Waals surface area contributed by atoms with Gasteiger partial charge in [-0.15, -0.1) is 0 Å². The highest BCUT2D eigenvalue weighted by molar-refractivity contribution is 6.07. The quantitative estimate of drug-likeness (QED) is 0.508. The number of nitrogens with zero attached hydrogens (tertiary/aromatic N) is 2. The lowest BCUT2D eigenvalue weighted by molar-refractivity contribution is 0.0934. The Morgan fingerprint density at radius 1 is 1.11 bits per heavy atom. The largest absolute Gasteiger partial charge is 0.378 e. The third kappa shape index (κ3) is 4.56. The lowest BCUT2D eigenvalue weighted by Crippen LogP contribution is -2.27. The smallest absolute Gasteiger partial charge is 0.255 e. The third-order valence-corrected chi connectivity index (χ3v) is 4.03. The Kier molecular flexibility index (Phi) is 6.07. The number of hydrogen-bond acceptors (Lipinski definition) is 4. The maximum absolute atomic E-state index is 12.8. The van der Waals surface area contributed by atoms with Crippen molar-refractivity contribution in [2.24, 2.45) is 0 Å². The molecule has 0 saturated heterocycles. The van der Waals surface area contributed by atoms with Crippen molar-refractivity contribution in [2.45, 2.75) is 19.3 Å². The Morgan fingerprint density at radius 2 is 1.93 bits per heavy atom. The van der Waals surface area contributed by atoms with Gasteiger partial charge >= 0.3 is 0 Å². The summed E-state index contributed by atoms with van der Waals surface area (Å²) in [6, 6.07) is 5.19. The molecule has 0 aliphatic carbocycles. The number of benzene rings is 1. The van der Waals surface area contributed by atoms with E-state index in [0.717, 1.165) is 11.1 Å². The number of hydrogen-bond donors (Lipinski definition) is 3. The van der Waals surface area contributed by atoms with E-state index in [4.69, 9.17) is 0 Å². The molecule has 28 heavy (non-hydrogen) atoms. The number of carbonyl (C=O) groups excluding carboxylic acids is 1. The Morgan fingerprint density at radius 3 is 2.61 bits per heavy atom. The molecule has 0 radical (unpaired) electrons. The van der Waals surface area contributed by atoms with Crippen molar-refractivity contribution in [1.82, 2.24) is 20.5 Å². The predicted octanol–water partition coefficient (Wildman–Crippen LogP) is 3.69. The molecule has 0 atom stereocenters. The minimum Gasteiger partial charge on any atom is -0.378 e. The standard InChI is InChI=1S/C18H17F4N5O/c19-15(20)3-4-23-18(28)13-8-24-14-2-1-10(11-6-26-27-7-11)5-12(14)17(13)25-9-16(21)22/h1-2,5-8,15-16H,3-4,9H2,(H,23,28)(H,24,25)(H,26,27). The number of aromatic amines is 1. The zero-order valence-corrected chi connectivity index (χ0v) is 14.6. The number of alkyl halides is 4. The Labute approximate surface area is 157 Å². The van der Waals surface area contributed by atoms with E-state index in [1.807, 2.05) is 0 Å². The molecule has 6 nitrogen and oxygen atoms in total. The van der Waals surface area contributed by atoms with Gasteiger partial charge in [0.1, 0.15) is 0 Å². The van der Waals surface area contributed by atoms with Crippen LogP contribution in [0.3, 0.4) is 0 Å². The van der Waals surface area contributed by atoms with Gasteiger partial charge in [0.2, 0.25) is 6.43 Å². The molecule has 0 fully saturated rings. The van der Waals surface area contributed by atoms with Crippen molar-refractivity contribution in [3.8, 4) is 11.1 Å². The lowest BCUT2D eigenvalue weighted by Gasteiger charge is -2.15. The SMILES string of the molecule is O=C(NCCC(F)F)c1cnc2ccc(-c3cn[nH]c3)cc2c1NCC(F)F. The number of nitrogens with one attached hydrogen (secondary N) is 3. The number of carbonyl (C=O) groups is 1. The number of aromatic nitrogens is 3. The van der Waals surface area contributed by atoms with Crippen LogP contribution in [-0.2, 0) is 0 Å². The van der Waals surface area contributed by atoms with Crippen LogP contribution in [0.2, 0.25) is 0 Å². The predicted molar refractivity (Wildman–Crippen MR) is 96.8 cm³/mol. The van der Waals surface area contributed by atoms with Crippen LogP contribution in [0.25, 0.3) is 22.0 Å². The van der Waals surface area contributed by atoms with Crippen molar-refractivity contribution in [3.05, 3.63) is 42.4 Å². The maximum Gasteiger partial charge on any atom is 0.255 e. The molecule has 2 heterocycles. The van der Waals surface area contributed by atoms with E-state index in [1.54, 1.807) is 30.6 Å². The summed E-state index contributed by atoms with van der Waals surface area (Å²) in [5.74, 6) is -0.666. The Balaban J connectivity index is 2.01. The van der Waals surface area contributed by atoms with Crippen LogP contribution >= 0.6 is 0 Å². The molecule has 10 heteroatoms. The lowest BCUT2D eigenvalue weighted by atomic mass is 10.0. The first-order chi connectivity index (χ1) is 13.5. The minimum absolute atomic E-state index is 0.00626. The number of fused-ring (bicyclic) bond motifs is 1. The van der Waals surface area contributed by atoms with Crippen LogP contribution in [0, 0.1) is 0 Å². The van der Waals surface area contributed by atoms with Crippen LogP contribution in [0.15, 0.2) is 36.8 Å². The van der Waals surface area contributed by atoms with Crippen molar-refractivity contribution in [3.63, 3.8) is 0 Å². The molecule has 3 N–H and O–H groups in total. The summed E-state index contributed by atoms with van der Waals surface area (Å²) >= 11 is 0. The number of H-pyrrole nitrogens is 1. The van der Waals surface area contributed by atoms with Gasteiger partial charge in [-0.2, -0.15) is 5.10 Å². The van der Waals surface area contributed by atoms with Gasteiger partial charge in [-0.3, -0.25) is 14.9 Å². The molecule has 0 spiro atoms. The summed E-state index contributed by atoms with van der Waals surface area (Å²) < 4.78 is 50.1. The van der Waals surface area contributed by atoms with Gasteiger partial charge in [0.25, 0.3) is 12.3 Å². The van der Waals surface area contributed by atoms with E-state index in [0.29, 0.717) is 10.9 Å². The summed E-state index contributed by atoms with van der Waals surface area (Å²) in [7, 11) is 0. The van der Waals surface area contributed by atoms with Crippen LogP contribution < -0.4 is 10.6 Å². The average molecular weight is 395 g/mol. The molecule has 0 bridgehead atoms. The average Bonchev–Trinajstić information content (AvgIpc) is 3.19. The summed E-state index contributed by atoms with van der Waals surface area (Å²) in [5, 5.41) is 12.0. The van der Waals surface area contributed by atoms with Crippen LogP contribution in [0.4, 0.5) is 23.2 Å². The molecule has 0 saturated carbocycles. The summed E-state index contributed by atoms with van der Waals surface area (Å²) in [5.41, 5.74) is 2.19. The summed E-state index contributed by atoms with van der Waals surface area (Å²) in [6.07, 6.45) is -1.19. The number of amides is 1. The van der Waals surface area contributed by atoms with Gasteiger partial charge in [0.15, 0.2) is 0 Å². The number of pyridine rings is 1. The van der Waals surface area contributed by atoms with Crippen molar-refractivity contribution >= 4 is 22.5 Å². The second-order valence-corrected chi connectivity index (χ2v) is 5.97. The summed E-state index contributed by atoms with van der Waals surface area (Å²) in [6.45, 7) is -0.912. The Hall–Kier alpha value is -3.17. The molecule has 0 unspecified atom stereocenters. The minimum atomic E-state index is -2.64. The fraction of sp³-hybridized carbons (Fsp3) is 0.278. The van der Waals surface area contributed by atoms with E-state index in [1.165, 1.54) is 6.20 Å². The topological polar surface area (TPSA) is 82.7 Å². The van der Waals surface area contributed by atoms with Gasteiger partial charge in [-0.25, -0.2) is 17.6 Å². The van der Waals surface area contributed by atoms with Gasteiger partial charge in [-0.1, -0.05) is 6.07 Å². The van der Waals surface area contributed by atoms with E-state index in [2.05, 4.69) is 25.8 Å². The van der Waals surface area contributed by atoms with E-state index < -0.39 is 31.7 Å². The second kappa shape index (κ2) is 8.68. The van der Waals surface area contributed by atoms with Crippen molar-refractivity contribution in [2.75, 3.05) is 18.4 Å². The molecular formula is C18H17F4N5O. The zero-order valence-electron chi connectivity index (χ0n) is 14.6. The first kappa shape index (κ1) is 19.6. The van der Waals surface area contributed by atoms with E-state index in [-0.39, 0.29) is 17.8 Å². The highest BCUT2D eigenvalue weighted by Gasteiger charge is 2.18. The summed E-state index contributed by atoms with van der Waals surface area (Å²) in [4.78, 5) is 16.6. The van der Waals surface area contributed by atoms with E-state index in [9.17, 15) is 22.4 Å². The number of anilines is 1. The molecule has 0 aliphatic heterocycles. The molecule has 2 aromatic heterocycles. The van der Waals surface area contributed by atoms with Crippen molar-refractivity contribution < 1.29 is 22.4 Å². The highest BCUT2D eigenvalue weighted by atomic mass is 19.3. The third-order valence-electron chi connectivity index (χ3n) is 4.03. The van der Waals surface area contributed by atoms with Gasteiger partial charge in [0, 0.05) is 36.3 Å². The van der Waals surface area contributed by atoms with Gasteiger partial charge in [-0.05, 0) is 17.7 Å². The monoisotopic (exact) mass is 395 g/mol. The Bertz CT molecular complexity index is 947. The molecule has 3 rings (SSSR count). The molecule has 3 aromatic rings. The normalized spacial score (nSPS) is 11.4. The molecule has 1 amide bonds. The maximum atomic E-state index is 12.8. The fourth-order valence-corrected chi connectivity index (χ4v) is 2.71. The first-order valence-electron chi connectivity index (χ1n) is 8.46. The van der Waals surface area contributed by atoms with Crippen LogP contribution in [0.5, 0.6) is 0 Å². The molecule has 1 aromatic carbocycles.